The number of para-hydroxylation sites is 2. The number of hydrogen-bond donors (Lipinski definition) is 1. The second-order valence-corrected chi connectivity index (χ2v) is 5.84. The van der Waals surface area contributed by atoms with Crippen LogP contribution >= 0.6 is 11.3 Å². The van der Waals surface area contributed by atoms with Gasteiger partial charge in [-0.1, -0.05) is 18.2 Å². The first-order valence-corrected chi connectivity index (χ1v) is 7.84. The predicted molar refractivity (Wildman–Crippen MR) is 89.4 cm³/mol. The number of carbonyl (C=O) groups excluding carboxylic acids is 1. The monoisotopic (exact) mass is 309 g/mol. The van der Waals surface area contributed by atoms with Crippen molar-refractivity contribution in [1.82, 2.24) is 15.3 Å². The second kappa shape index (κ2) is 6.49. The van der Waals surface area contributed by atoms with Crippen molar-refractivity contribution in [3.63, 3.8) is 0 Å². The van der Waals surface area contributed by atoms with Crippen molar-refractivity contribution in [2.45, 2.75) is 13.0 Å². The molecule has 1 unspecified atom stereocenters. The van der Waals surface area contributed by atoms with E-state index < -0.39 is 0 Å². The summed E-state index contributed by atoms with van der Waals surface area (Å²) in [6.07, 6.45) is 4.83. The fourth-order valence-electron chi connectivity index (χ4n) is 2.08. The van der Waals surface area contributed by atoms with E-state index in [0.717, 1.165) is 15.9 Å². The number of carbonyl (C=O) groups is 1. The summed E-state index contributed by atoms with van der Waals surface area (Å²) in [5.41, 5.74) is 2.32. The van der Waals surface area contributed by atoms with Gasteiger partial charge >= 0.3 is 0 Å². The van der Waals surface area contributed by atoms with Crippen molar-refractivity contribution in [1.29, 1.82) is 0 Å². The quantitative estimate of drug-likeness (QED) is 0.749. The Balaban J connectivity index is 1.68. The van der Waals surface area contributed by atoms with Gasteiger partial charge in [-0.2, -0.15) is 0 Å². The molecule has 5 heteroatoms. The zero-order valence-corrected chi connectivity index (χ0v) is 12.9. The largest absolute Gasteiger partial charge is 0.345 e. The average Bonchev–Trinajstić information content (AvgIpc) is 3.07. The van der Waals surface area contributed by atoms with Crippen molar-refractivity contribution in [2.75, 3.05) is 0 Å². The number of nitrogens with zero attached hydrogens (tertiary/aromatic N) is 2. The maximum absolute atomic E-state index is 11.9. The Bertz CT molecular complexity index is 812. The highest BCUT2D eigenvalue weighted by Crippen LogP contribution is 2.18. The SMILES string of the molecule is CC(NC(=O)/C=C/c1cnc2ccccc2n1)c1cccs1. The minimum absolute atomic E-state index is 0.000150. The van der Waals surface area contributed by atoms with Crippen LogP contribution in [0.25, 0.3) is 17.1 Å². The number of amides is 1. The number of thiophene rings is 1. The van der Waals surface area contributed by atoms with E-state index in [1.165, 1.54) is 6.08 Å². The average molecular weight is 309 g/mol. The molecule has 0 aliphatic heterocycles. The molecule has 3 aromatic rings. The number of benzene rings is 1. The Morgan fingerprint density at radius 3 is 2.82 bits per heavy atom. The van der Waals surface area contributed by atoms with E-state index in [4.69, 9.17) is 0 Å². The van der Waals surface area contributed by atoms with Gasteiger partial charge in [0.1, 0.15) is 0 Å². The van der Waals surface area contributed by atoms with Crippen LogP contribution in [0.4, 0.5) is 0 Å². The Hall–Kier alpha value is -2.53. The van der Waals surface area contributed by atoms with Crippen LogP contribution in [0.3, 0.4) is 0 Å². The first kappa shape index (κ1) is 14.4. The van der Waals surface area contributed by atoms with Crippen molar-refractivity contribution < 1.29 is 4.79 Å². The molecule has 0 aliphatic carbocycles. The topological polar surface area (TPSA) is 54.9 Å². The lowest BCUT2D eigenvalue weighted by Crippen LogP contribution is -2.23. The van der Waals surface area contributed by atoms with E-state index in [-0.39, 0.29) is 11.9 Å². The van der Waals surface area contributed by atoms with E-state index in [1.54, 1.807) is 23.6 Å². The number of nitrogens with one attached hydrogen (secondary N) is 1. The zero-order valence-electron chi connectivity index (χ0n) is 12.1. The van der Waals surface area contributed by atoms with Crippen molar-refractivity contribution in [3.05, 3.63) is 64.6 Å². The molecule has 1 atom stereocenters. The van der Waals surface area contributed by atoms with Gasteiger partial charge in [0.05, 0.1) is 29.0 Å². The summed E-state index contributed by atoms with van der Waals surface area (Å²) in [6.45, 7) is 1.97. The van der Waals surface area contributed by atoms with Crippen molar-refractivity contribution in [3.8, 4) is 0 Å². The van der Waals surface area contributed by atoms with Crippen LogP contribution in [0.5, 0.6) is 0 Å². The molecule has 110 valence electrons. The fourth-order valence-corrected chi connectivity index (χ4v) is 2.82. The second-order valence-electron chi connectivity index (χ2n) is 4.86. The third-order valence-electron chi connectivity index (χ3n) is 3.20. The highest BCUT2D eigenvalue weighted by molar-refractivity contribution is 7.10. The predicted octanol–water partition coefficient (Wildman–Crippen LogP) is 3.58. The summed E-state index contributed by atoms with van der Waals surface area (Å²) < 4.78 is 0. The van der Waals surface area contributed by atoms with Gasteiger partial charge in [0.2, 0.25) is 5.91 Å². The van der Waals surface area contributed by atoms with E-state index in [2.05, 4.69) is 15.3 Å². The molecule has 0 bridgehead atoms. The van der Waals surface area contributed by atoms with Crippen LogP contribution in [0, 0.1) is 0 Å². The van der Waals surface area contributed by atoms with Gasteiger partial charge in [0.15, 0.2) is 0 Å². The number of fused-ring (bicyclic) bond motifs is 1. The minimum atomic E-state index is -0.143. The van der Waals surface area contributed by atoms with E-state index in [0.29, 0.717) is 5.69 Å². The van der Waals surface area contributed by atoms with Crippen molar-refractivity contribution in [2.24, 2.45) is 0 Å². The van der Waals surface area contributed by atoms with Crippen LogP contribution in [0.2, 0.25) is 0 Å². The summed E-state index contributed by atoms with van der Waals surface area (Å²) >= 11 is 1.63. The first-order valence-electron chi connectivity index (χ1n) is 6.96. The first-order chi connectivity index (χ1) is 10.7. The maximum atomic E-state index is 11.9. The van der Waals surface area contributed by atoms with E-state index in [1.807, 2.05) is 48.7 Å². The molecule has 0 saturated carbocycles. The smallest absolute Gasteiger partial charge is 0.244 e. The normalized spacial score (nSPS) is 12.6. The highest BCUT2D eigenvalue weighted by Gasteiger charge is 2.07. The summed E-state index contributed by atoms with van der Waals surface area (Å²) in [5, 5.41) is 4.92. The van der Waals surface area contributed by atoms with Gasteiger partial charge in [-0.15, -0.1) is 11.3 Å². The molecular weight excluding hydrogens is 294 g/mol. The summed E-state index contributed by atoms with van der Waals surface area (Å²) in [4.78, 5) is 21.8. The fraction of sp³-hybridized carbons (Fsp3) is 0.118. The summed E-state index contributed by atoms with van der Waals surface area (Å²) in [6, 6.07) is 11.6. The van der Waals surface area contributed by atoms with Crippen LogP contribution in [0.15, 0.2) is 54.1 Å². The molecule has 0 fully saturated rings. The standard InChI is InChI=1S/C17H15N3OS/c1-12(16-7-4-10-22-16)19-17(21)9-8-13-11-18-14-5-2-3-6-15(14)20-13/h2-12H,1H3,(H,19,21)/b9-8+. The van der Waals surface area contributed by atoms with E-state index in [9.17, 15) is 4.79 Å². The number of hydrogen-bond acceptors (Lipinski definition) is 4. The van der Waals surface area contributed by atoms with Crippen LogP contribution < -0.4 is 5.32 Å². The molecule has 0 aliphatic rings. The van der Waals surface area contributed by atoms with Crippen LogP contribution in [0.1, 0.15) is 23.5 Å². The molecule has 22 heavy (non-hydrogen) atoms. The molecule has 3 rings (SSSR count). The van der Waals surface area contributed by atoms with Crippen molar-refractivity contribution >= 4 is 34.4 Å². The summed E-state index contributed by atoms with van der Waals surface area (Å²) in [7, 11) is 0. The number of rotatable bonds is 4. The van der Waals surface area contributed by atoms with Gasteiger partial charge in [-0.05, 0) is 36.6 Å². The van der Waals surface area contributed by atoms with Crippen LogP contribution in [-0.4, -0.2) is 15.9 Å². The van der Waals surface area contributed by atoms with Gasteiger partial charge in [-0.3, -0.25) is 9.78 Å². The van der Waals surface area contributed by atoms with Gasteiger partial charge in [0, 0.05) is 11.0 Å². The summed E-state index contributed by atoms with van der Waals surface area (Å²) in [5.74, 6) is -0.143. The lowest BCUT2D eigenvalue weighted by atomic mass is 10.2. The Morgan fingerprint density at radius 2 is 2.05 bits per heavy atom. The maximum Gasteiger partial charge on any atom is 0.244 e. The molecule has 0 saturated heterocycles. The van der Waals surface area contributed by atoms with Gasteiger partial charge in [-0.25, -0.2) is 4.98 Å². The number of aromatic nitrogens is 2. The van der Waals surface area contributed by atoms with Gasteiger partial charge in [0.25, 0.3) is 0 Å². The molecular formula is C17H15N3OS. The molecule has 1 aromatic carbocycles. The van der Waals surface area contributed by atoms with E-state index >= 15 is 0 Å². The third-order valence-corrected chi connectivity index (χ3v) is 4.26. The van der Waals surface area contributed by atoms with Crippen LogP contribution in [-0.2, 0) is 4.79 Å². The lowest BCUT2D eigenvalue weighted by Gasteiger charge is -2.09. The Kier molecular flexibility index (Phi) is 4.25. The van der Waals surface area contributed by atoms with Gasteiger partial charge < -0.3 is 5.32 Å². The highest BCUT2D eigenvalue weighted by atomic mass is 32.1. The minimum Gasteiger partial charge on any atom is -0.345 e. The molecule has 4 nitrogen and oxygen atoms in total. The molecule has 2 heterocycles. The zero-order chi connectivity index (χ0) is 15.4. The third kappa shape index (κ3) is 3.38. The molecule has 0 radical (unpaired) electrons. The lowest BCUT2D eigenvalue weighted by molar-refractivity contribution is -0.117. The Morgan fingerprint density at radius 1 is 1.23 bits per heavy atom. The molecule has 1 N–H and O–H groups in total. The Labute approximate surface area is 132 Å². The molecule has 0 spiro atoms. The molecule has 1 amide bonds. The molecule has 2 aromatic heterocycles.